The summed E-state index contributed by atoms with van der Waals surface area (Å²) in [7, 11) is 1.68. The number of hydrogen-bond acceptors (Lipinski definition) is 4. The number of carbonyl (C=O) groups is 1. The fourth-order valence-corrected chi connectivity index (χ4v) is 3.53. The van der Waals surface area contributed by atoms with Crippen molar-refractivity contribution in [3.63, 3.8) is 0 Å². The molecule has 1 aromatic carbocycles. The van der Waals surface area contributed by atoms with Crippen LogP contribution in [0.5, 0.6) is 0 Å². The van der Waals surface area contributed by atoms with Crippen molar-refractivity contribution in [1.82, 2.24) is 20.4 Å². The van der Waals surface area contributed by atoms with E-state index in [0.29, 0.717) is 12.1 Å². The zero-order valence-electron chi connectivity index (χ0n) is 15.8. The van der Waals surface area contributed by atoms with Gasteiger partial charge in [0.15, 0.2) is 5.82 Å². The standard InChI is InChI=1S/C19H21ClF3N5O/c1-27(14-4-3-9-28(12-14)17-5-2-8-25-26-17)18(29)24-11-13-6-7-16(20)15(10-13)19(21,22)23/h2,5-8,10,14H,3-4,9,11-12H2,1H3,(H,24,29)/t14-/m1/s1. The van der Waals surface area contributed by atoms with Gasteiger partial charge in [0.25, 0.3) is 0 Å². The first-order valence-corrected chi connectivity index (χ1v) is 9.52. The number of piperidine rings is 1. The van der Waals surface area contributed by atoms with Crippen LogP contribution >= 0.6 is 11.6 Å². The highest BCUT2D eigenvalue weighted by Crippen LogP contribution is 2.35. The lowest BCUT2D eigenvalue weighted by Crippen LogP contribution is -2.51. The van der Waals surface area contributed by atoms with Crippen LogP contribution in [0.2, 0.25) is 5.02 Å². The van der Waals surface area contributed by atoms with E-state index in [2.05, 4.69) is 20.4 Å². The molecule has 6 nitrogen and oxygen atoms in total. The highest BCUT2D eigenvalue weighted by atomic mass is 35.5. The van der Waals surface area contributed by atoms with Crippen LogP contribution in [0.25, 0.3) is 0 Å². The van der Waals surface area contributed by atoms with Gasteiger partial charge in [0.2, 0.25) is 0 Å². The summed E-state index contributed by atoms with van der Waals surface area (Å²) < 4.78 is 38.9. The number of hydrogen-bond donors (Lipinski definition) is 1. The Morgan fingerprint density at radius 3 is 2.86 bits per heavy atom. The average molecular weight is 428 g/mol. The Balaban J connectivity index is 1.59. The zero-order chi connectivity index (χ0) is 21.0. The van der Waals surface area contributed by atoms with Gasteiger partial charge in [0.05, 0.1) is 16.6 Å². The predicted octanol–water partition coefficient (Wildman–Crippen LogP) is 3.96. The average Bonchev–Trinajstić information content (AvgIpc) is 2.72. The van der Waals surface area contributed by atoms with Crippen molar-refractivity contribution in [3.8, 4) is 0 Å². The Hall–Kier alpha value is -2.55. The number of anilines is 1. The number of alkyl halides is 3. The van der Waals surface area contributed by atoms with E-state index >= 15 is 0 Å². The topological polar surface area (TPSA) is 61.4 Å². The number of rotatable bonds is 4. The highest BCUT2D eigenvalue weighted by molar-refractivity contribution is 6.31. The van der Waals surface area contributed by atoms with Crippen LogP contribution in [0, 0.1) is 0 Å². The summed E-state index contributed by atoms with van der Waals surface area (Å²) in [6, 6.07) is 6.90. The van der Waals surface area contributed by atoms with E-state index in [4.69, 9.17) is 11.6 Å². The molecular weight excluding hydrogens is 407 g/mol. The van der Waals surface area contributed by atoms with Gasteiger partial charge in [-0.05, 0) is 42.7 Å². The Kier molecular flexibility index (Phi) is 6.46. The normalized spacial score (nSPS) is 17.1. The molecule has 3 rings (SSSR count). The number of benzene rings is 1. The lowest BCUT2D eigenvalue weighted by molar-refractivity contribution is -0.137. The first kappa shape index (κ1) is 21.2. The van der Waals surface area contributed by atoms with Gasteiger partial charge in [-0.1, -0.05) is 17.7 Å². The molecule has 2 amide bonds. The van der Waals surface area contributed by atoms with E-state index in [9.17, 15) is 18.0 Å². The molecule has 0 saturated carbocycles. The predicted molar refractivity (Wildman–Crippen MR) is 104 cm³/mol. The number of nitrogens with zero attached hydrogens (tertiary/aromatic N) is 4. The molecule has 156 valence electrons. The van der Waals surface area contributed by atoms with Crippen LogP contribution in [0.15, 0.2) is 36.5 Å². The van der Waals surface area contributed by atoms with Gasteiger partial charge >= 0.3 is 12.2 Å². The summed E-state index contributed by atoms with van der Waals surface area (Å²) in [6.07, 6.45) is -1.21. The highest BCUT2D eigenvalue weighted by Gasteiger charge is 2.33. The van der Waals surface area contributed by atoms with E-state index in [0.717, 1.165) is 31.3 Å². The molecule has 1 aliphatic heterocycles. The number of amides is 2. The molecule has 2 heterocycles. The third kappa shape index (κ3) is 5.29. The van der Waals surface area contributed by atoms with Crippen LogP contribution in [-0.2, 0) is 12.7 Å². The summed E-state index contributed by atoms with van der Waals surface area (Å²) in [4.78, 5) is 16.2. The van der Waals surface area contributed by atoms with E-state index < -0.39 is 11.7 Å². The van der Waals surface area contributed by atoms with E-state index in [1.165, 1.54) is 12.1 Å². The largest absolute Gasteiger partial charge is 0.417 e. The second-order valence-corrected chi connectivity index (χ2v) is 7.31. The van der Waals surface area contributed by atoms with Gasteiger partial charge in [-0.15, -0.1) is 5.10 Å². The number of likely N-dealkylation sites (N-methyl/N-ethyl adjacent to an activating group) is 1. The summed E-state index contributed by atoms with van der Waals surface area (Å²) in [6.45, 7) is 1.42. The molecule has 0 spiro atoms. The van der Waals surface area contributed by atoms with Crippen molar-refractivity contribution >= 4 is 23.4 Å². The first-order valence-electron chi connectivity index (χ1n) is 9.14. The molecule has 1 aliphatic rings. The third-order valence-corrected chi connectivity index (χ3v) is 5.26. The SMILES string of the molecule is CN(C(=O)NCc1ccc(Cl)c(C(F)(F)F)c1)[C@@H]1CCCN(c2cccnn2)C1. The smallest absolute Gasteiger partial charge is 0.353 e. The minimum Gasteiger partial charge on any atom is -0.353 e. The van der Waals surface area contributed by atoms with Crippen molar-refractivity contribution in [2.24, 2.45) is 0 Å². The zero-order valence-corrected chi connectivity index (χ0v) is 16.5. The summed E-state index contributed by atoms with van der Waals surface area (Å²) in [5, 5.41) is 10.3. The summed E-state index contributed by atoms with van der Waals surface area (Å²) in [5.41, 5.74) is -0.584. The molecule has 1 N–H and O–H groups in total. The quantitative estimate of drug-likeness (QED) is 0.802. The van der Waals surface area contributed by atoms with Crippen LogP contribution in [0.4, 0.5) is 23.8 Å². The van der Waals surface area contributed by atoms with E-state index in [1.54, 1.807) is 18.1 Å². The van der Waals surface area contributed by atoms with Gasteiger partial charge in [0.1, 0.15) is 0 Å². The summed E-state index contributed by atoms with van der Waals surface area (Å²) >= 11 is 5.63. The van der Waals surface area contributed by atoms with Crippen molar-refractivity contribution in [3.05, 3.63) is 52.7 Å². The number of carbonyl (C=O) groups excluding carboxylic acids is 1. The minimum absolute atomic E-state index is 0.0238. The molecule has 2 aromatic rings. The van der Waals surface area contributed by atoms with Crippen molar-refractivity contribution in [2.75, 3.05) is 25.0 Å². The second-order valence-electron chi connectivity index (χ2n) is 6.91. The van der Waals surface area contributed by atoms with Crippen molar-refractivity contribution in [2.45, 2.75) is 31.6 Å². The molecule has 0 aliphatic carbocycles. The molecule has 29 heavy (non-hydrogen) atoms. The van der Waals surface area contributed by atoms with Gasteiger partial charge in [0, 0.05) is 32.9 Å². The maximum absolute atomic E-state index is 13.0. The fourth-order valence-electron chi connectivity index (χ4n) is 3.31. The van der Waals surface area contributed by atoms with Gasteiger partial charge in [-0.25, -0.2) is 4.79 Å². The maximum atomic E-state index is 13.0. The summed E-state index contributed by atoms with van der Waals surface area (Å²) in [5.74, 6) is 0.756. The number of aromatic nitrogens is 2. The van der Waals surface area contributed by atoms with Crippen LogP contribution in [0.1, 0.15) is 24.0 Å². The Morgan fingerprint density at radius 1 is 1.38 bits per heavy atom. The molecule has 0 bridgehead atoms. The molecule has 1 saturated heterocycles. The molecule has 1 atom stereocenters. The fraction of sp³-hybridized carbons (Fsp3) is 0.421. The minimum atomic E-state index is -4.54. The molecular formula is C19H21ClF3N5O. The van der Waals surface area contributed by atoms with Crippen LogP contribution in [-0.4, -0.2) is 47.3 Å². The maximum Gasteiger partial charge on any atom is 0.417 e. The molecule has 1 fully saturated rings. The van der Waals surface area contributed by atoms with E-state index in [-0.39, 0.29) is 23.6 Å². The van der Waals surface area contributed by atoms with Gasteiger partial charge in [-0.2, -0.15) is 18.3 Å². The molecule has 0 unspecified atom stereocenters. The molecule has 1 aromatic heterocycles. The molecule has 10 heteroatoms. The van der Waals surface area contributed by atoms with Gasteiger partial charge < -0.3 is 15.1 Å². The Labute approximate surface area is 171 Å². The lowest BCUT2D eigenvalue weighted by atomic mass is 10.0. The number of nitrogens with one attached hydrogen (secondary N) is 1. The third-order valence-electron chi connectivity index (χ3n) is 4.93. The first-order chi connectivity index (χ1) is 13.8. The number of halogens is 4. The van der Waals surface area contributed by atoms with Gasteiger partial charge in [-0.3, -0.25) is 0 Å². The Bertz CT molecular complexity index is 849. The Morgan fingerprint density at radius 2 is 2.17 bits per heavy atom. The van der Waals surface area contributed by atoms with Crippen molar-refractivity contribution in [1.29, 1.82) is 0 Å². The number of urea groups is 1. The second kappa shape index (κ2) is 8.86. The van der Waals surface area contributed by atoms with Crippen LogP contribution < -0.4 is 10.2 Å². The monoisotopic (exact) mass is 427 g/mol. The van der Waals surface area contributed by atoms with Crippen molar-refractivity contribution < 1.29 is 18.0 Å². The lowest BCUT2D eigenvalue weighted by Gasteiger charge is -2.38. The van der Waals surface area contributed by atoms with E-state index in [1.807, 2.05) is 12.1 Å². The molecule has 0 radical (unpaired) electrons. The van der Waals surface area contributed by atoms with Crippen LogP contribution in [0.3, 0.4) is 0 Å².